The summed E-state index contributed by atoms with van der Waals surface area (Å²) >= 11 is 0. The molecule has 0 aliphatic carbocycles. The number of carbonyl (C=O) groups excluding carboxylic acids is 2. The van der Waals surface area contributed by atoms with Crippen molar-refractivity contribution in [1.29, 1.82) is 0 Å². The first-order valence-corrected chi connectivity index (χ1v) is 4.93. The van der Waals surface area contributed by atoms with Gasteiger partial charge in [-0.3, -0.25) is 9.59 Å². The van der Waals surface area contributed by atoms with Crippen molar-refractivity contribution in [2.24, 2.45) is 0 Å². The molecular weight excluding hydrogens is 283 g/mol. The van der Waals surface area contributed by atoms with Gasteiger partial charge in [-0.15, -0.1) is 0 Å². The molecule has 3 nitrogen and oxygen atoms in total. The smallest absolute Gasteiger partial charge is 0.313 e. The van der Waals surface area contributed by atoms with Crippen molar-refractivity contribution >= 4 is 11.8 Å². The monoisotopic (exact) mass is 296 g/mol. The first-order valence-electron chi connectivity index (χ1n) is 4.93. The van der Waals surface area contributed by atoms with Crippen LogP contribution in [0.2, 0.25) is 0 Å². The zero-order valence-corrected chi connectivity index (χ0v) is 11.7. The molecule has 0 fully saturated rings. The number of ketones is 1. The van der Waals surface area contributed by atoms with Gasteiger partial charge in [0.25, 0.3) is 0 Å². The minimum Gasteiger partial charge on any atom is -0.466 e. The van der Waals surface area contributed by atoms with Crippen molar-refractivity contribution < 1.29 is 40.5 Å². The third kappa shape index (κ3) is 5.96. The maximum absolute atomic E-state index is 11.4. The fourth-order valence-corrected chi connectivity index (χ4v) is 1.26. The van der Waals surface area contributed by atoms with Crippen LogP contribution in [-0.2, 0) is 47.0 Å². The van der Waals surface area contributed by atoms with Gasteiger partial charge in [-0.2, -0.15) is 0 Å². The molecule has 0 bridgehead atoms. The molecule has 1 aromatic rings. The Balaban J connectivity index is 0.00000225. The first-order chi connectivity index (χ1) is 7.22. The normalized spacial score (nSPS) is 9.06. The van der Waals surface area contributed by atoms with E-state index >= 15 is 0 Å². The van der Waals surface area contributed by atoms with E-state index in [4.69, 9.17) is 4.74 Å². The summed E-state index contributed by atoms with van der Waals surface area (Å²) in [6, 6.07) is 9.35. The zero-order valence-electron chi connectivity index (χ0n) is 9.23. The maximum atomic E-state index is 11.4. The van der Waals surface area contributed by atoms with E-state index in [1.807, 2.05) is 30.3 Å². The van der Waals surface area contributed by atoms with Crippen LogP contribution in [0.3, 0.4) is 0 Å². The van der Waals surface area contributed by atoms with Crippen LogP contribution in [0.5, 0.6) is 0 Å². The van der Waals surface area contributed by atoms with E-state index in [-0.39, 0.29) is 38.4 Å². The molecule has 0 aliphatic rings. The van der Waals surface area contributed by atoms with Crippen molar-refractivity contribution in [2.45, 2.75) is 19.8 Å². The Hall–Kier alpha value is -0.757. The number of hydrogen-bond donors (Lipinski definition) is 0. The molecular formula is C12H14O3Zr. The molecule has 0 spiro atoms. The molecule has 16 heavy (non-hydrogen) atoms. The van der Waals surface area contributed by atoms with Crippen LogP contribution in [0.15, 0.2) is 30.3 Å². The zero-order chi connectivity index (χ0) is 11.1. The maximum Gasteiger partial charge on any atom is 0.313 e. The second kappa shape index (κ2) is 8.40. The van der Waals surface area contributed by atoms with Gasteiger partial charge >= 0.3 is 5.97 Å². The van der Waals surface area contributed by atoms with Gasteiger partial charge < -0.3 is 4.74 Å². The molecule has 0 saturated carbocycles. The van der Waals surface area contributed by atoms with Crippen LogP contribution in [0.1, 0.15) is 18.9 Å². The van der Waals surface area contributed by atoms with Crippen LogP contribution in [0.4, 0.5) is 0 Å². The van der Waals surface area contributed by atoms with Crippen LogP contribution in [-0.4, -0.2) is 18.4 Å². The summed E-state index contributed by atoms with van der Waals surface area (Å²) in [5.41, 5.74) is 0.923. The molecule has 84 valence electrons. The Kier molecular flexibility index (Phi) is 8.00. The van der Waals surface area contributed by atoms with Crippen LogP contribution < -0.4 is 0 Å². The van der Waals surface area contributed by atoms with E-state index in [9.17, 15) is 9.59 Å². The minimum atomic E-state index is -0.446. The quantitative estimate of drug-likeness (QED) is 0.614. The summed E-state index contributed by atoms with van der Waals surface area (Å²) in [4.78, 5) is 22.4. The number of rotatable bonds is 5. The third-order valence-corrected chi connectivity index (χ3v) is 1.89. The molecule has 0 heterocycles. The first kappa shape index (κ1) is 15.2. The van der Waals surface area contributed by atoms with Crippen molar-refractivity contribution in [2.75, 3.05) is 6.61 Å². The van der Waals surface area contributed by atoms with Gasteiger partial charge in [-0.25, -0.2) is 0 Å². The molecule has 0 aliphatic heterocycles. The van der Waals surface area contributed by atoms with E-state index in [1.54, 1.807) is 6.92 Å². The van der Waals surface area contributed by atoms with Crippen LogP contribution in [0.25, 0.3) is 0 Å². The van der Waals surface area contributed by atoms with Crippen LogP contribution in [0, 0.1) is 0 Å². The number of hydrogen-bond acceptors (Lipinski definition) is 3. The van der Waals surface area contributed by atoms with E-state index in [0.29, 0.717) is 13.0 Å². The Morgan fingerprint density at radius 2 is 1.81 bits per heavy atom. The molecule has 0 saturated heterocycles. The van der Waals surface area contributed by atoms with Crippen LogP contribution >= 0.6 is 0 Å². The summed E-state index contributed by atoms with van der Waals surface area (Å²) in [6.45, 7) is 2.04. The van der Waals surface area contributed by atoms with Gasteiger partial charge in [-0.05, 0) is 12.5 Å². The summed E-state index contributed by atoms with van der Waals surface area (Å²) in [5.74, 6) is -0.557. The predicted molar refractivity (Wildman–Crippen MR) is 56.4 cm³/mol. The van der Waals surface area contributed by atoms with Gasteiger partial charge in [0.05, 0.1) is 6.61 Å². The summed E-state index contributed by atoms with van der Waals surface area (Å²) in [7, 11) is 0. The van der Waals surface area contributed by atoms with E-state index in [2.05, 4.69) is 0 Å². The van der Waals surface area contributed by atoms with E-state index in [1.165, 1.54) is 0 Å². The fourth-order valence-electron chi connectivity index (χ4n) is 1.26. The topological polar surface area (TPSA) is 43.4 Å². The number of benzene rings is 1. The largest absolute Gasteiger partial charge is 0.466 e. The fraction of sp³-hybridized carbons (Fsp3) is 0.333. The summed E-state index contributed by atoms with van der Waals surface area (Å²) in [5, 5.41) is 0. The number of carbonyl (C=O) groups is 2. The standard InChI is InChI=1S/C12H14O3.Zr/c1-2-15-12(14)9-11(13)8-10-6-4-3-5-7-10;/h3-7H,2,8-9H2,1H3;. The van der Waals surface area contributed by atoms with E-state index in [0.717, 1.165) is 5.56 Å². The Labute approximate surface area is 114 Å². The molecule has 0 radical (unpaired) electrons. The predicted octanol–water partition coefficient (Wildman–Crippen LogP) is 1.75. The van der Waals surface area contributed by atoms with Crippen molar-refractivity contribution in [3.8, 4) is 0 Å². The van der Waals surface area contributed by atoms with Gasteiger partial charge in [0, 0.05) is 32.6 Å². The van der Waals surface area contributed by atoms with Gasteiger partial charge in [0.15, 0.2) is 0 Å². The number of esters is 1. The molecule has 0 aromatic heterocycles. The Bertz CT molecular complexity index is 335. The van der Waals surface area contributed by atoms with Crippen molar-refractivity contribution in [3.63, 3.8) is 0 Å². The summed E-state index contributed by atoms with van der Waals surface area (Å²) < 4.78 is 4.69. The Morgan fingerprint density at radius 3 is 2.38 bits per heavy atom. The Morgan fingerprint density at radius 1 is 1.19 bits per heavy atom. The average Bonchev–Trinajstić information content (AvgIpc) is 2.19. The molecule has 0 N–H and O–H groups in total. The van der Waals surface area contributed by atoms with Gasteiger partial charge in [0.1, 0.15) is 12.2 Å². The number of ether oxygens (including phenoxy) is 1. The van der Waals surface area contributed by atoms with E-state index < -0.39 is 5.97 Å². The molecule has 1 aromatic carbocycles. The van der Waals surface area contributed by atoms with Gasteiger partial charge in [0.2, 0.25) is 0 Å². The third-order valence-electron chi connectivity index (χ3n) is 1.89. The average molecular weight is 297 g/mol. The van der Waals surface area contributed by atoms with Gasteiger partial charge in [-0.1, -0.05) is 30.3 Å². The molecule has 4 heteroatoms. The number of Topliss-reactive ketones (excluding diaryl/α,β-unsaturated/α-hetero) is 1. The second-order valence-corrected chi connectivity index (χ2v) is 3.18. The molecule has 1 rings (SSSR count). The second-order valence-electron chi connectivity index (χ2n) is 3.18. The minimum absolute atomic E-state index is 0. The molecule has 0 amide bonds. The molecule has 0 unspecified atom stereocenters. The van der Waals surface area contributed by atoms with Crippen molar-refractivity contribution in [3.05, 3.63) is 35.9 Å². The SMILES string of the molecule is CCOC(=O)CC(=O)Cc1ccccc1.[Zr]. The summed E-state index contributed by atoms with van der Waals surface area (Å²) in [6.07, 6.45) is 0.155. The molecule has 0 atom stereocenters. The van der Waals surface area contributed by atoms with Crippen molar-refractivity contribution in [1.82, 2.24) is 0 Å².